The Morgan fingerprint density at radius 2 is 2.06 bits per heavy atom. The SMILES string of the molecule is CCCC(=O)Nc1ccc2ccccc2n1. The first kappa shape index (κ1) is 10.6. The molecule has 2 aromatic rings. The number of para-hydroxylation sites is 1. The molecule has 0 atom stereocenters. The van der Waals surface area contributed by atoms with E-state index in [1.807, 2.05) is 43.3 Å². The number of carbonyl (C=O) groups excluding carboxylic acids is 1. The van der Waals surface area contributed by atoms with Crippen molar-refractivity contribution in [1.29, 1.82) is 0 Å². The van der Waals surface area contributed by atoms with Crippen molar-refractivity contribution in [3.8, 4) is 0 Å². The van der Waals surface area contributed by atoms with E-state index >= 15 is 0 Å². The number of pyridine rings is 1. The van der Waals surface area contributed by atoms with E-state index in [9.17, 15) is 4.79 Å². The third-order valence-electron chi connectivity index (χ3n) is 2.34. The molecule has 3 heteroatoms. The molecule has 16 heavy (non-hydrogen) atoms. The number of hydrogen-bond acceptors (Lipinski definition) is 2. The third kappa shape index (κ3) is 2.37. The molecule has 1 aromatic carbocycles. The highest BCUT2D eigenvalue weighted by Gasteiger charge is 2.02. The van der Waals surface area contributed by atoms with Gasteiger partial charge in [0.25, 0.3) is 0 Å². The minimum Gasteiger partial charge on any atom is -0.311 e. The molecular weight excluding hydrogens is 200 g/mol. The Balaban J connectivity index is 2.22. The van der Waals surface area contributed by atoms with Crippen LogP contribution in [0.4, 0.5) is 5.82 Å². The summed E-state index contributed by atoms with van der Waals surface area (Å²) in [6.45, 7) is 1.98. The van der Waals surface area contributed by atoms with Crippen LogP contribution in [-0.2, 0) is 4.79 Å². The first-order valence-electron chi connectivity index (χ1n) is 5.45. The monoisotopic (exact) mass is 214 g/mol. The summed E-state index contributed by atoms with van der Waals surface area (Å²) >= 11 is 0. The maximum atomic E-state index is 11.4. The smallest absolute Gasteiger partial charge is 0.225 e. The van der Waals surface area contributed by atoms with Gasteiger partial charge in [0.2, 0.25) is 5.91 Å². The summed E-state index contributed by atoms with van der Waals surface area (Å²) in [6, 6.07) is 11.6. The van der Waals surface area contributed by atoms with Crippen molar-refractivity contribution in [2.75, 3.05) is 5.32 Å². The summed E-state index contributed by atoms with van der Waals surface area (Å²) in [7, 11) is 0. The number of nitrogens with zero attached hydrogens (tertiary/aromatic N) is 1. The van der Waals surface area contributed by atoms with Crippen LogP contribution in [0.2, 0.25) is 0 Å². The second kappa shape index (κ2) is 4.75. The Bertz CT molecular complexity index is 508. The standard InChI is InChI=1S/C13H14N2O/c1-2-5-13(16)15-12-9-8-10-6-3-4-7-11(10)14-12/h3-4,6-9H,2,5H2,1H3,(H,14,15,16). The van der Waals surface area contributed by atoms with E-state index in [2.05, 4.69) is 10.3 Å². The Kier molecular flexibility index (Phi) is 3.15. The van der Waals surface area contributed by atoms with Crippen LogP contribution in [0.25, 0.3) is 10.9 Å². The minimum atomic E-state index is 0.0188. The fourth-order valence-corrected chi connectivity index (χ4v) is 1.57. The highest BCUT2D eigenvalue weighted by Crippen LogP contribution is 2.14. The molecule has 1 amide bonds. The molecule has 2 rings (SSSR count). The number of fused-ring (bicyclic) bond motifs is 1. The van der Waals surface area contributed by atoms with Gasteiger partial charge in [0.05, 0.1) is 5.52 Å². The van der Waals surface area contributed by atoms with Crippen LogP contribution in [0.5, 0.6) is 0 Å². The maximum Gasteiger partial charge on any atom is 0.225 e. The van der Waals surface area contributed by atoms with Gasteiger partial charge < -0.3 is 5.32 Å². The Labute approximate surface area is 94.5 Å². The lowest BCUT2D eigenvalue weighted by atomic mass is 10.2. The maximum absolute atomic E-state index is 11.4. The molecule has 3 nitrogen and oxygen atoms in total. The molecule has 0 radical (unpaired) electrons. The van der Waals surface area contributed by atoms with Crippen molar-refractivity contribution in [2.45, 2.75) is 19.8 Å². The molecule has 0 saturated carbocycles. The normalized spacial score (nSPS) is 10.3. The number of anilines is 1. The fourth-order valence-electron chi connectivity index (χ4n) is 1.57. The van der Waals surface area contributed by atoms with Crippen molar-refractivity contribution in [3.05, 3.63) is 36.4 Å². The largest absolute Gasteiger partial charge is 0.311 e. The molecule has 0 aliphatic carbocycles. The number of benzene rings is 1. The number of aromatic nitrogens is 1. The van der Waals surface area contributed by atoms with Crippen LogP contribution >= 0.6 is 0 Å². The van der Waals surface area contributed by atoms with E-state index in [1.54, 1.807) is 0 Å². The molecule has 1 aromatic heterocycles. The van der Waals surface area contributed by atoms with Crippen LogP contribution in [0.3, 0.4) is 0 Å². The van der Waals surface area contributed by atoms with Gasteiger partial charge in [-0.3, -0.25) is 4.79 Å². The van der Waals surface area contributed by atoms with E-state index in [0.717, 1.165) is 17.3 Å². The molecule has 0 aliphatic rings. The topological polar surface area (TPSA) is 42.0 Å². The lowest BCUT2D eigenvalue weighted by Crippen LogP contribution is -2.11. The summed E-state index contributed by atoms with van der Waals surface area (Å²) in [5, 5.41) is 3.86. The molecule has 82 valence electrons. The molecule has 0 fully saturated rings. The predicted octanol–water partition coefficient (Wildman–Crippen LogP) is 2.97. The lowest BCUT2D eigenvalue weighted by molar-refractivity contribution is -0.116. The Morgan fingerprint density at radius 1 is 1.25 bits per heavy atom. The first-order valence-corrected chi connectivity index (χ1v) is 5.45. The molecule has 0 aliphatic heterocycles. The Morgan fingerprint density at radius 3 is 2.88 bits per heavy atom. The Hall–Kier alpha value is -1.90. The van der Waals surface area contributed by atoms with Crippen LogP contribution < -0.4 is 5.32 Å². The van der Waals surface area contributed by atoms with Crippen molar-refractivity contribution in [2.24, 2.45) is 0 Å². The second-order valence-electron chi connectivity index (χ2n) is 3.69. The number of hydrogen-bond donors (Lipinski definition) is 1. The van der Waals surface area contributed by atoms with Gasteiger partial charge >= 0.3 is 0 Å². The first-order chi connectivity index (χ1) is 7.79. The zero-order valence-corrected chi connectivity index (χ0v) is 9.23. The van der Waals surface area contributed by atoms with Crippen LogP contribution in [0.1, 0.15) is 19.8 Å². The van der Waals surface area contributed by atoms with Crippen molar-refractivity contribution in [3.63, 3.8) is 0 Å². The zero-order valence-electron chi connectivity index (χ0n) is 9.23. The van der Waals surface area contributed by atoms with Crippen LogP contribution in [0.15, 0.2) is 36.4 Å². The summed E-state index contributed by atoms with van der Waals surface area (Å²) in [6.07, 6.45) is 1.38. The van der Waals surface area contributed by atoms with E-state index in [0.29, 0.717) is 12.2 Å². The van der Waals surface area contributed by atoms with Gasteiger partial charge in [-0.25, -0.2) is 4.98 Å². The summed E-state index contributed by atoms with van der Waals surface area (Å²) in [5.41, 5.74) is 0.900. The summed E-state index contributed by atoms with van der Waals surface area (Å²) in [4.78, 5) is 15.8. The van der Waals surface area contributed by atoms with E-state index in [1.165, 1.54) is 0 Å². The second-order valence-corrected chi connectivity index (χ2v) is 3.69. The molecule has 1 heterocycles. The molecule has 0 spiro atoms. The average Bonchev–Trinajstić information content (AvgIpc) is 2.29. The fraction of sp³-hybridized carbons (Fsp3) is 0.231. The molecule has 0 bridgehead atoms. The molecule has 1 N–H and O–H groups in total. The summed E-state index contributed by atoms with van der Waals surface area (Å²) in [5.74, 6) is 0.641. The summed E-state index contributed by atoms with van der Waals surface area (Å²) < 4.78 is 0. The van der Waals surface area contributed by atoms with E-state index in [4.69, 9.17) is 0 Å². The average molecular weight is 214 g/mol. The van der Waals surface area contributed by atoms with E-state index in [-0.39, 0.29) is 5.91 Å². The van der Waals surface area contributed by atoms with Crippen molar-refractivity contribution < 1.29 is 4.79 Å². The van der Waals surface area contributed by atoms with E-state index < -0.39 is 0 Å². The highest BCUT2D eigenvalue weighted by atomic mass is 16.1. The number of rotatable bonds is 3. The zero-order chi connectivity index (χ0) is 11.4. The molecular formula is C13H14N2O. The van der Waals surface area contributed by atoms with Gasteiger partial charge in [0.15, 0.2) is 0 Å². The van der Waals surface area contributed by atoms with Gasteiger partial charge in [0.1, 0.15) is 5.82 Å². The van der Waals surface area contributed by atoms with Crippen molar-refractivity contribution >= 4 is 22.6 Å². The van der Waals surface area contributed by atoms with Crippen molar-refractivity contribution in [1.82, 2.24) is 4.98 Å². The highest BCUT2D eigenvalue weighted by molar-refractivity contribution is 5.91. The van der Waals surface area contributed by atoms with Gasteiger partial charge in [-0.15, -0.1) is 0 Å². The lowest BCUT2D eigenvalue weighted by Gasteiger charge is -2.04. The predicted molar refractivity (Wildman–Crippen MR) is 65.3 cm³/mol. The van der Waals surface area contributed by atoms with Gasteiger partial charge in [-0.2, -0.15) is 0 Å². The number of carbonyl (C=O) groups is 1. The van der Waals surface area contributed by atoms with Gasteiger partial charge in [-0.05, 0) is 24.6 Å². The van der Waals surface area contributed by atoms with Crippen LogP contribution in [-0.4, -0.2) is 10.9 Å². The minimum absolute atomic E-state index is 0.0188. The number of amides is 1. The molecule has 0 unspecified atom stereocenters. The number of nitrogens with one attached hydrogen (secondary N) is 1. The quantitative estimate of drug-likeness (QED) is 0.853. The molecule has 0 saturated heterocycles. The van der Waals surface area contributed by atoms with Crippen LogP contribution in [0, 0.1) is 0 Å². The van der Waals surface area contributed by atoms with Gasteiger partial charge in [-0.1, -0.05) is 25.1 Å². The third-order valence-corrected chi connectivity index (χ3v) is 2.34. The van der Waals surface area contributed by atoms with Gasteiger partial charge in [0, 0.05) is 11.8 Å².